The molecule has 3 rings (SSSR count). The molecule has 0 aliphatic carbocycles. The number of aromatic nitrogens is 1. The first kappa shape index (κ1) is 16.7. The minimum absolute atomic E-state index is 0.0923. The maximum absolute atomic E-state index is 14.6. The van der Waals surface area contributed by atoms with E-state index < -0.39 is 5.82 Å². The van der Waals surface area contributed by atoms with Crippen molar-refractivity contribution >= 4 is 23.0 Å². The Hall–Kier alpha value is -3.10. The Morgan fingerprint density at radius 2 is 1.88 bits per heavy atom. The third kappa shape index (κ3) is 3.54. The van der Waals surface area contributed by atoms with Crippen LogP contribution in [0.3, 0.4) is 0 Å². The average Bonchev–Trinajstić information content (AvgIpc) is 2.62. The number of nitrogens with zero attached hydrogens (tertiary/aromatic N) is 2. The first-order valence-electron chi connectivity index (χ1n) is 7.44. The van der Waals surface area contributed by atoms with Crippen molar-refractivity contribution in [3.05, 3.63) is 76.8 Å². The largest absolute Gasteiger partial charge is 0.454 e. The van der Waals surface area contributed by atoms with Crippen molar-refractivity contribution in [3.63, 3.8) is 0 Å². The molecule has 0 aliphatic rings. The maximum atomic E-state index is 14.6. The third-order valence-corrected chi connectivity index (χ3v) is 3.89. The van der Waals surface area contributed by atoms with Gasteiger partial charge in [0.1, 0.15) is 22.5 Å². The van der Waals surface area contributed by atoms with Gasteiger partial charge >= 0.3 is 0 Å². The second-order valence-corrected chi connectivity index (χ2v) is 5.58. The van der Waals surface area contributed by atoms with Gasteiger partial charge in [-0.3, -0.25) is 0 Å². The molecule has 0 radical (unpaired) electrons. The number of rotatable bonds is 4. The number of pyridine rings is 1. The molecule has 25 heavy (non-hydrogen) atoms. The number of hydrogen-bond acceptors (Lipinski definition) is 4. The predicted octanol–water partition coefficient (Wildman–Crippen LogP) is 5.59. The summed E-state index contributed by atoms with van der Waals surface area (Å²) in [7, 11) is 0. The molecule has 0 fully saturated rings. The average molecular weight is 354 g/mol. The molecule has 0 unspecified atom stereocenters. The molecular formula is C19H13ClFN3O. The summed E-state index contributed by atoms with van der Waals surface area (Å²) in [5.74, 6) is 0.198. The molecule has 0 aliphatic heterocycles. The smallest absolute Gasteiger partial charge is 0.170 e. The second kappa shape index (κ2) is 7.20. The van der Waals surface area contributed by atoms with Crippen LogP contribution in [0.25, 0.3) is 0 Å². The van der Waals surface area contributed by atoms with E-state index in [2.05, 4.69) is 10.3 Å². The van der Waals surface area contributed by atoms with Crippen LogP contribution in [0, 0.1) is 24.1 Å². The quantitative estimate of drug-likeness (QED) is 0.621. The number of nitrogens with one attached hydrogen (secondary N) is 1. The van der Waals surface area contributed by atoms with Crippen LogP contribution in [0.1, 0.15) is 11.1 Å². The Balaban J connectivity index is 1.91. The summed E-state index contributed by atoms with van der Waals surface area (Å²) in [4.78, 5) is 3.86. The highest BCUT2D eigenvalue weighted by Crippen LogP contribution is 2.33. The molecule has 3 aromatic rings. The molecule has 2 aromatic carbocycles. The fourth-order valence-corrected chi connectivity index (χ4v) is 2.48. The van der Waals surface area contributed by atoms with Crippen LogP contribution < -0.4 is 10.1 Å². The molecule has 1 aromatic heterocycles. The molecule has 4 nitrogen and oxygen atoms in total. The standard InChI is InChI=1S/C19H13ClFN3O/c1-12-15(24-16-9-10-23-19(20)14(16)11-22)7-8-17(18(12)21)25-13-5-3-2-4-6-13/h2-10H,1H3,(H,23,24). The lowest BCUT2D eigenvalue weighted by Crippen LogP contribution is -2.00. The molecule has 0 spiro atoms. The van der Waals surface area contributed by atoms with Crippen LogP contribution >= 0.6 is 11.6 Å². The summed E-state index contributed by atoms with van der Waals surface area (Å²) in [6.45, 7) is 1.63. The van der Waals surface area contributed by atoms with Gasteiger partial charge in [-0.05, 0) is 37.3 Å². The van der Waals surface area contributed by atoms with Crippen LogP contribution in [0.5, 0.6) is 11.5 Å². The van der Waals surface area contributed by atoms with E-state index in [9.17, 15) is 9.65 Å². The van der Waals surface area contributed by atoms with Gasteiger partial charge in [-0.15, -0.1) is 0 Å². The van der Waals surface area contributed by atoms with Crippen LogP contribution in [0.4, 0.5) is 15.8 Å². The van der Waals surface area contributed by atoms with E-state index in [1.165, 1.54) is 12.3 Å². The molecule has 0 amide bonds. The van der Waals surface area contributed by atoms with Gasteiger partial charge in [-0.1, -0.05) is 29.8 Å². The minimum atomic E-state index is -0.479. The molecule has 0 atom stereocenters. The second-order valence-electron chi connectivity index (χ2n) is 5.23. The summed E-state index contributed by atoms with van der Waals surface area (Å²) in [6.07, 6.45) is 1.48. The van der Waals surface area contributed by atoms with Crippen molar-refractivity contribution in [2.75, 3.05) is 5.32 Å². The molecule has 124 valence electrons. The Bertz CT molecular complexity index is 955. The number of hydrogen-bond donors (Lipinski definition) is 1. The topological polar surface area (TPSA) is 57.9 Å². The van der Waals surface area contributed by atoms with E-state index in [-0.39, 0.29) is 16.5 Å². The molecule has 1 heterocycles. The molecular weight excluding hydrogens is 341 g/mol. The first-order chi connectivity index (χ1) is 12.1. The summed E-state index contributed by atoms with van der Waals surface area (Å²) in [6, 6.07) is 15.8. The lowest BCUT2D eigenvalue weighted by Gasteiger charge is -2.14. The van der Waals surface area contributed by atoms with Gasteiger partial charge in [0.05, 0.1) is 5.69 Å². The lowest BCUT2D eigenvalue weighted by molar-refractivity contribution is 0.440. The fraction of sp³-hybridized carbons (Fsp3) is 0.0526. The number of anilines is 2. The number of halogens is 2. The van der Waals surface area contributed by atoms with Gasteiger partial charge in [0.2, 0.25) is 0 Å². The van der Waals surface area contributed by atoms with Gasteiger partial charge in [0, 0.05) is 17.4 Å². The third-order valence-electron chi connectivity index (χ3n) is 3.61. The van der Waals surface area contributed by atoms with E-state index in [0.717, 1.165) is 0 Å². The highest BCUT2D eigenvalue weighted by molar-refractivity contribution is 6.31. The first-order valence-corrected chi connectivity index (χ1v) is 7.81. The zero-order chi connectivity index (χ0) is 17.8. The van der Waals surface area contributed by atoms with Gasteiger partial charge in [-0.25, -0.2) is 9.37 Å². The summed E-state index contributed by atoms with van der Waals surface area (Å²) < 4.78 is 20.2. The maximum Gasteiger partial charge on any atom is 0.170 e. The monoisotopic (exact) mass is 353 g/mol. The number of nitriles is 1. The molecule has 0 saturated heterocycles. The van der Waals surface area contributed by atoms with Crippen LogP contribution in [0.15, 0.2) is 54.7 Å². The Morgan fingerprint density at radius 3 is 2.60 bits per heavy atom. The van der Waals surface area contributed by atoms with Gasteiger partial charge < -0.3 is 10.1 Å². The molecule has 0 saturated carbocycles. The lowest BCUT2D eigenvalue weighted by atomic mass is 10.1. The van der Waals surface area contributed by atoms with Gasteiger partial charge in [0.15, 0.2) is 11.6 Å². The van der Waals surface area contributed by atoms with E-state index >= 15 is 0 Å². The van der Waals surface area contributed by atoms with E-state index in [1.54, 1.807) is 31.2 Å². The number of para-hydroxylation sites is 1. The van der Waals surface area contributed by atoms with Crippen molar-refractivity contribution in [1.29, 1.82) is 5.26 Å². The normalized spacial score (nSPS) is 10.2. The molecule has 6 heteroatoms. The zero-order valence-electron chi connectivity index (χ0n) is 13.3. The Morgan fingerprint density at radius 1 is 1.12 bits per heavy atom. The van der Waals surface area contributed by atoms with Crippen LogP contribution in [0.2, 0.25) is 5.15 Å². The summed E-state index contributed by atoms with van der Waals surface area (Å²) in [5.41, 5.74) is 1.54. The van der Waals surface area contributed by atoms with Crippen molar-refractivity contribution in [2.24, 2.45) is 0 Å². The molecule has 0 bridgehead atoms. The van der Waals surface area contributed by atoms with E-state index in [1.807, 2.05) is 24.3 Å². The van der Waals surface area contributed by atoms with Crippen LogP contribution in [-0.4, -0.2) is 4.98 Å². The predicted molar refractivity (Wildman–Crippen MR) is 94.9 cm³/mol. The number of ether oxygens (including phenoxy) is 1. The van der Waals surface area contributed by atoms with Gasteiger partial charge in [-0.2, -0.15) is 5.26 Å². The fourth-order valence-electron chi connectivity index (χ4n) is 2.28. The highest BCUT2D eigenvalue weighted by Gasteiger charge is 2.14. The number of benzene rings is 2. The Labute approximate surface area is 149 Å². The summed E-state index contributed by atoms with van der Waals surface area (Å²) >= 11 is 5.91. The molecule has 1 N–H and O–H groups in total. The summed E-state index contributed by atoms with van der Waals surface area (Å²) in [5, 5.41) is 12.3. The van der Waals surface area contributed by atoms with Crippen molar-refractivity contribution in [2.45, 2.75) is 6.92 Å². The van der Waals surface area contributed by atoms with Crippen LogP contribution in [-0.2, 0) is 0 Å². The van der Waals surface area contributed by atoms with E-state index in [4.69, 9.17) is 16.3 Å². The van der Waals surface area contributed by atoms with E-state index in [0.29, 0.717) is 22.7 Å². The Kier molecular flexibility index (Phi) is 4.82. The van der Waals surface area contributed by atoms with Crippen molar-refractivity contribution in [1.82, 2.24) is 4.98 Å². The highest BCUT2D eigenvalue weighted by atomic mass is 35.5. The SMILES string of the molecule is Cc1c(Nc2ccnc(Cl)c2C#N)ccc(Oc2ccccc2)c1F. The van der Waals surface area contributed by atoms with Crippen molar-refractivity contribution < 1.29 is 9.13 Å². The van der Waals surface area contributed by atoms with Crippen molar-refractivity contribution in [3.8, 4) is 17.6 Å². The minimum Gasteiger partial charge on any atom is -0.454 e. The zero-order valence-corrected chi connectivity index (χ0v) is 14.0. The van der Waals surface area contributed by atoms with Gasteiger partial charge in [0.25, 0.3) is 0 Å².